The predicted molar refractivity (Wildman–Crippen MR) is 106 cm³/mol. The van der Waals surface area contributed by atoms with Crippen molar-refractivity contribution in [2.45, 2.75) is 25.1 Å². The smallest absolute Gasteiger partial charge is 0.325 e. The molecule has 4 amide bonds. The molecular weight excluding hydrogens is 389 g/mol. The minimum atomic E-state index is -0.920. The van der Waals surface area contributed by atoms with Gasteiger partial charge < -0.3 is 15.0 Å². The third-order valence-electron chi connectivity index (χ3n) is 5.31. The van der Waals surface area contributed by atoms with Gasteiger partial charge >= 0.3 is 6.03 Å². The Labute approximate surface area is 173 Å². The summed E-state index contributed by atoms with van der Waals surface area (Å²) in [7, 11) is 0. The van der Waals surface area contributed by atoms with Crippen molar-refractivity contribution in [3.63, 3.8) is 0 Å². The largest absolute Gasteiger partial charge is 0.370 e. The molecule has 0 saturated carbocycles. The van der Waals surface area contributed by atoms with E-state index in [0.717, 1.165) is 10.5 Å². The van der Waals surface area contributed by atoms with Crippen LogP contribution in [0.3, 0.4) is 0 Å². The predicted octanol–water partition coefficient (Wildman–Crippen LogP) is 2.24. The molecule has 2 aliphatic rings. The summed E-state index contributed by atoms with van der Waals surface area (Å²) in [4.78, 5) is 40.4. The van der Waals surface area contributed by atoms with Gasteiger partial charge in [-0.1, -0.05) is 42.5 Å². The zero-order valence-electron chi connectivity index (χ0n) is 16.3. The Bertz CT molecular complexity index is 952. The molecule has 0 aromatic heterocycles. The average molecular weight is 411 g/mol. The maximum absolute atomic E-state index is 13.4. The van der Waals surface area contributed by atoms with Crippen molar-refractivity contribution in [2.24, 2.45) is 0 Å². The van der Waals surface area contributed by atoms with E-state index in [1.807, 2.05) is 30.3 Å². The summed E-state index contributed by atoms with van der Waals surface area (Å²) in [6.45, 7) is 1.19. The molecule has 0 aliphatic carbocycles. The molecule has 2 fully saturated rings. The van der Waals surface area contributed by atoms with Crippen molar-refractivity contribution in [3.8, 4) is 0 Å². The molecule has 4 rings (SSSR count). The molecule has 2 saturated heterocycles. The van der Waals surface area contributed by atoms with E-state index in [1.54, 1.807) is 11.0 Å². The summed E-state index contributed by atoms with van der Waals surface area (Å²) in [6, 6.07) is 13.9. The second-order valence-electron chi connectivity index (χ2n) is 7.37. The fourth-order valence-electron chi connectivity index (χ4n) is 3.73. The van der Waals surface area contributed by atoms with Crippen LogP contribution in [0.2, 0.25) is 0 Å². The number of hydrogen-bond acceptors (Lipinski definition) is 4. The first kappa shape index (κ1) is 20.0. The molecule has 0 spiro atoms. The third-order valence-corrected chi connectivity index (χ3v) is 5.31. The van der Waals surface area contributed by atoms with Gasteiger partial charge in [0.05, 0.1) is 26.1 Å². The van der Waals surface area contributed by atoms with Crippen LogP contribution in [0.1, 0.15) is 23.7 Å². The summed E-state index contributed by atoms with van der Waals surface area (Å²) in [6.07, 6.45) is -0.339. The van der Waals surface area contributed by atoms with Crippen LogP contribution in [0.4, 0.5) is 9.18 Å². The number of carbonyl (C=O) groups is 3. The van der Waals surface area contributed by atoms with E-state index < -0.39 is 23.8 Å². The molecule has 0 radical (unpaired) electrons. The number of carbonyl (C=O) groups excluding carboxylic acids is 3. The lowest BCUT2D eigenvalue weighted by Gasteiger charge is -2.33. The molecule has 30 heavy (non-hydrogen) atoms. The van der Waals surface area contributed by atoms with E-state index in [9.17, 15) is 18.8 Å². The van der Waals surface area contributed by atoms with E-state index >= 15 is 0 Å². The number of rotatable bonds is 5. The molecule has 2 heterocycles. The Morgan fingerprint density at radius 1 is 1.13 bits per heavy atom. The molecule has 0 unspecified atom stereocenters. The van der Waals surface area contributed by atoms with Gasteiger partial charge in [-0.15, -0.1) is 0 Å². The van der Waals surface area contributed by atoms with E-state index in [-0.39, 0.29) is 25.0 Å². The highest BCUT2D eigenvalue weighted by molar-refractivity contribution is 6.05. The molecule has 2 aliphatic heterocycles. The summed E-state index contributed by atoms with van der Waals surface area (Å²) >= 11 is 0. The zero-order valence-corrected chi connectivity index (χ0v) is 16.3. The summed E-state index contributed by atoms with van der Waals surface area (Å²) < 4.78 is 19.2. The van der Waals surface area contributed by atoms with E-state index in [4.69, 9.17) is 4.74 Å². The second-order valence-corrected chi connectivity index (χ2v) is 7.37. The Morgan fingerprint density at radius 2 is 1.93 bits per heavy atom. The molecule has 2 aromatic rings. The lowest BCUT2D eigenvalue weighted by atomic mass is 10.1. The van der Waals surface area contributed by atoms with E-state index in [1.165, 1.54) is 18.2 Å². The summed E-state index contributed by atoms with van der Waals surface area (Å²) in [5.41, 5.74) is 1.49. The van der Waals surface area contributed by atoms with Crippen molar-refractivity contribution in [2.75, 3.05) is 19.7 Å². The van der Waals surface area contributed by atoms with Crippen LogP contribution < -0.4 is 5.32 Å². The SMILES string of the molecule is O=C(C[C@@H]1NC(=O)N(Cc2cccc(F)c2)C1=O)N1CCO[C@H](c2ccccc2)C1. The maximum atomic E-state index is 13.4. The van der Waals surface area contributed by atoms with Crippen molar-refractivity contribution >= 4 is 17.8 Å². The zero-order chi connectivity index (χ0) is 21.1. The normalized spacial score (nSPS) is 21.6. The molecule has 7 nitrogen and oxygen atoms in total. The lowest BCUT2D eigenvalue weighted by molar-refractivity contribution is -0.141. The van der Waals surface area contributed by atoms with Crippen molar-refractivity contribution in [3.05, 3.63) is 71.5 Å². The van der Waals surface area contributed by atoms with Crippen molar-refractivity contribution in [1.29, 1.82) is 0 Å². The number of amides is 4. The first-order chi connectivity index (χ1) is 14.5. The monoisotopic (exact) mass is 411 g/mol. The number of morpholine rings is 1. The first-order valence-electron chi connectivity index (χ1n) is 9.82. The number of nitrogens with one attached hydrogen (secondary N) is 1. The minimum Gasteiger partial charge on any atom is -0.370 e. The minimum absolute atomic E-state index is 0.0409. The van der Waals surface area contributed by atoms with Crippen LogP contribution in [0.15, 0.2) is 54.6 Å². The molecule has 156 valence electrons. The fourth-order valence-corrected chi connectivity index (χ4v) is 3.73. The van der Waals surface area contributed by atoms with Gasteiger partial charge in [0.1, 0.15) is 18.0 Å². The van der Waals surface area contributed by atoms with E-state index in [2.05, 4.69) is 5.32 Å². The number of benzene rings is 2. The molecule has 2 atom stereocenters. The highest BCUT2D eigenvalue weighted by Gasteiger charge is 2.40. The Kier molecular flexibility index (Phi) is 5.76. The Balaban J connectivity index is 1.37. The maximum Gasteiger partial charge on any atom is 0.325 e. The number of nitrogens with zero attached hydrogens (tertiary/aromatic N) is 2. The van der Waals surface area contributed by atoms with Crippen LogP contribution >= 0.6 is 0 Å². The number of halogens is 1. The Morgan fingerprint density at radius 3 is 2.70 bits per heavy atom. The van der Waals surface area contributed by atoms with Crippen molar-refractivity contribution < 1.29 is 23.5 Å². The summed E-state index contributed by atoms with van der Waals surface area (Å²) in [5, 5.41) is 2.57. The topological polar surface area (TPSA) is 79.0 Å². The first-order valence-corrected chi connectivity index (χ1v) is 9.82. The molecule has 2 aromatic carbocycles. The number of urea groups is 1. The van der Waals surface area contributed by atoms with Gasteiger partial charge in [-0.05, 0) is 23.3 Å². The van der Waals surface area contributed by atoms with Crippen LogP contribution in [0.25, 0.3) is 0 Å². The lowest BCUT2D eigenvalue weighted by Crippen LogP contribution is -2.45. The highest BCUT2D eigenvalue weighted by Crippen LogP contribution is 2.23. The van der Waals surface area contributed by atoms with Crippen molar-refractivity contribution in [1.82, 2.24) is 15.1 Å². The third kappa shape index (κ3) is 4.33. The quantitative estimate of drug-likeness (QED) is 0.766. The van der Waals surface area contributed by atoms with Gasteiger partial charge in [-0.3, -0.25) is 14.5 Å². The number of ether oxygens (including phenoxy) is 1. The van der Waals surface area contributed by atoms with Gasteiger partial charge in [0.15, 0.2) is 0 Å². The Hall–Kier alpha value is -3.26. The molecule has 8 heteroatoms. The highest BCUT2D eigenvalue weighted by atomic mass is 19.1. The summed E-state index contributed by atoms with van der Waals surface area (Å²) in [5.74, 6) is -1.14. The van der Waals surface area contributed by atoms with Crippen LogP contribution in [-0.4, -0.2) is 53.4 Å². The van der Waals surface area contributed by atoms with Crippen LogP contribution in [-0.2, 0) is 20.9 Å². The van der Waals surface area contributed by atoms with E-state index in [0.29, 0.717) is 25.3 Å². The average Bonchev–Trinajstić information content (AvgIpc) is 3.02. The fraction of sp³-hybridized carbons (Fsp3) is 0.318. The number of imide groups is 1. The number of hydrogen-bond donors (Lipinski definition) is 1. The second kappa shape index (κ2) is 8.62. The van der Waals surface area contributed by atoms with Gasteiger partial charge in [0.2, 0.25) is 5.91 Å². The standard InChI is InChI=1S/C22H22FN3O4/c23-17-8-4-5-15(11-17)13-26-21(28)18(24-22(26)29)12-20(27)25-9-10-30-19(14-25)16-6-2-1-3-7-16/h1-8,11,18-19H,9-10,12-14H2,(H,24,29)/t18-,19-/m0/s1. The van der Waals surface area contributed by atoms with Gasteiger partial charge in [-0.25, -0.2) is 9.18 Å². The van der Waals surface area contributed by atoms with Crippen LogP contribution in [0, 0.1) is 5.82 Å². The molecule has 1 N–H and O–H groups in total. The van der Waals surface area contributed by atoms with Gasteiger partial charge in [-0.2, -0.15) is 0 Å². The van der Waals surface area contributed by atoms with Gasteiger partial charge in [0.25, 0.3) is 5.91 Å². The van der Waals surface area contributed by atoms with Gasteiger partial charge in [0, 0.05) is 6.54 Å². The molecular formula is C22H22FN3O4. The molecule has 0 bridgehead atoms. The van der Waals surface area contributed by atoms with Crippen LogP contribution in [0.5, 0.6) is 0 Å².